The number of nitrogen functional groups attached to an aromatic ring is 1. The molecule has 2 heterocycles. The molecule has 0 aliphatic carbocycles. The van der Waals surface area contributed by atoms with E-state index in [0.29, 0.717) is 5.69 Å². The molecule has 0 saturated carbocycles. The van der Waals surface area contributed by atoms with Crippen LogP contribution in [0.4, 0.5) is 5.69 Å². The first-order valence-corrected chi connectivity index (χ1v) is 6.47. The van der Waals surface area contributed by atoms with E-state index in [1.807, 2.05) is 6.20 Å². The van der Waals surface area contributed by atoms with Crippen LogP contribution in [0.2, 0.25) is 0 Å². The number of anilines is 1. The molecule has 2 aromatic heterocycles. The number of hydrogen-bond donors (Lipinski definition) is 2. The number of pyridine rings is 1. The number of nitrogens with two attached hydrogens (primary N) is 1. The van der Waals surface area contributed by atoms with Crippen LogP contribution in [0.25, 0.3) is 22.6 Å². The molecular weight excluding hydrogens is 248 g/mol. The Morgan fingerprint density at radius 1 is 1.05 bits per heavy atom. The van der Waals surface area contributed by atoms with Gasteiger partial charge in [0.2, 0.25) is 0 Å². The van der Waals surface area contributed by atoms with Crippen molar-refractivity contribution < 1.29 is 0 Å². The van der Waals surface area contributed by atoms with E-state index in [1.54, 1.807) is 18.5 Å². The third kappa shape index (κ3) is 2.28. The second-order valence-corrected chi connectivity index (χ2v) is 4.98. The number of hydrogen-bond acceptors (Lipinski definition) is 3. The molecule has 0 atom stereocenters. The molecular formula is C16H16N4. The predicted molar refractivity (Wildman–Crippen MR) is 81.1 cm³/mol. The Labute approximate surface area is 117 Å². The molecule has 20 heavy (non-hydrogen) atoms. The molecule has 3 N–H and O–H groups in total. The van der Waals surface area contributed by atoms with Gasteiger partial charge in [-0.3, -0.25) is 4.98 Å². The molecule has 1 aromatic carbocycles. The van der Waals surface area contributed by atoms with E-state index < -0.39 is 0 Å². The van der Waals surface area contributed by atoms with E-state index in [9.17, 15) is 0 Å². The van der Waals surface area contributed by atoms with Gasteiger partial charge in [-0.15, -0.1) is 0 Å². The number of benzene rings is 1. The zero-order valence-corrected chi connectivity index (χ0v) is 11.5. The Kier molecular flexibility index (Phi) is 2.99. The molecule has 0 aliphatic heterocycles. The molecule has 0 spiro atoms. The molecule has 4 heteroatoms. The Bertz CT molecular complexity index is 738. The zero-order chi connectivity index (χ0) is 14.1. The SMILES string of the molecule is Cc1cc(C)cc(-c2cnc(-c3cnccc3N)[nH]2)c1. The van der Waals surface area contributed by atoms with Crippen molar-refractivity contribution in [3.63, 3.8) is 0 Å². The highest BCUT2D eigenvalue weighted by molar-refractivity contribution is 5.72. The van der Waals surface area contributed by atoms with Gasteiger partial charge in [0, 0.05) is 23.6 Å². The van der Waals surface area contributed by atoms with Crippen molar-refractivity contribution in [1.82, 2.24) is 15.0 Å². The largest absolute Gasteiger partial charge is 0.398 e. The zero-order valence-electron chi connectivity index (χ0n) is 11.5. The first-order chi connectivity index (χ1) is 9.63. The highest BCUT2D eigenvalue weighted by Gasteiger charge is 2.08. The molecule has 4 nitrogen and oxygen atoms in total. The average molecular weight is 264 g/mol. The fourth-order valence-electron chi connectivity index (χ4n) is 2.34. The van der Waals surface area contributed by atoms with Crippen LogP contribution in [0, 0.1) is 13.8 Å². The Hall–Kier alpha value is -2.62. The van der Waals surface area contributed by atoms with Gasteiger partial charge in [-0.2, -0.15) is 0 Å². The molecule has 0 aliphatic rings. The lowest BCUT2D eigenvalue weighted by atomic mass is 10.1. The van der Waals surface area contributed by atoms with Gasteiger partial charge in [0.1, 0.15) is 5.82 Å². The fourth-order valence-corrected chi connectivity index (χ4v) is 2.34. The smallest absolute Gasteiger partial charge is 0.141 e. The van der Waals surface area contributed by atoms with E-state index >= 15 is 0 Å². The molecule has 100 valence electrons. The lowest BCUT2D eigenvalue weighted by Gasteiger charge is -2.03. The van der Waals surface area contributed by atoms with Gasteiger partial charge in [-0.05, 0) is 32.0 Å². The quantitative estimate of drug-likeness (QED) is 0.746. The van der Waals surface area contributed by atoms with Crippen LogP contribution in [0.15, 0.2) is 42.9 Å². The number of aromatic nitrogens is 3. The van der Waals surface area contributed by atoms with Gasteiger partial charge >= 0.3 is 0 Å². The number of nitrogens with one attached hydrogen (secondary N) is 1. The molecule has 3 aromatic rings. The van der Waals surface area contributed by atoms with Crippen molar-refractivity contribution in [3.8, 4) is 22.6 Å². The topological polar surface area (TPSA) is 67.6 Å². The minimum atomic E-state index is 0.668. The van der Waals surface area contributed by atoms with Gasteiger partial charge in [0.05, 0.1) is 17.5 Å². The summed E-state index contributed by atoms with van der Waals surface area (Å²) in [5.41, 5.74) is 12.0. The molecule has 3 rings (SSSR count). The van der Waals surface area contributed by atoms with Crippen molar-refractivity contribution >= 4 is 5.69 Å². The van der Waals surface area contributed by atoms with E-state index in [0.717, 1.165) is 22.6 Å². The Morgan fingerprint density at radius 2 is 1.80 bits per heavy atom. The molecule has 0 fully saturated rings. The predicted octanol–water partition coefficient (Wildman–Crippen LogP) is 3.34. The van der Waals surface area contributed by atoms with E-state index in [1.165, 1.54) is 11.1 Å². The lowest BCUT2D eigenvalue weighted by molar-refractivity contribution is 1.26. The summed E-state index contributed by atoms with van der Waals surface area (Å²) in [5.74, 6) is 0.741. The molecule has 0 radical (unpaired) electrons. The monoisotopic (exact) mass is 264 g/mol. The second kappa shape index (κ2) is 4.81. The summed E-state index contributed by atoms with van der Waals surface area (Å²) in [4.78, 5) is 11.8. The maximum Gasteiger partial charge on any atom is 0.141 e. The first-order valence-electron chi connectivity index (χ1n) is 6.47. The van der Waals surface area contributed by atoms with Crippen LogP contribution < -0.4 is 5.73 Å². The van der Waals surface area contributed by atoms with Crippen molar-refractivity contribution in [2.75, 3.05) is 5.73 Å². The van der Waals surface area contributed by atoms with Crippen LogP contribution >= 0.6 is 0 Å². The minimum absolute atomic E-state index is 0.668. The van der Waals surface area contributed by atoms with Crippen molar-refractivity contribution in [2.24, 2.45) is 0 Å². The van der Waals surface area contributed by atoms with Crippen LogP contribution in [-0.2, 0) is 0 Å². The summed E-state index contributed by atoms with van der Waals surface area (Å²) in [6.45, 7) is 4.18. The number of rotatable bonds is 2. The number of aryl methyl sites for hydroxylation is 2. The maximum atomic E-state index is 5.95. The maximum absolute atomic E-state index is 5.95. The highest BCUT2D eigenvalue weighted by Crippen LogP contribution is 2.26. The summed E-state index contributed by atoms with van der Waals surface area (Å²) in [5, 5.41) is 0. The molecule has 0 amide bonds. The summed E-state index contributed by atoms with van der Waals surface area (Å²) in [6.07, 6.45) is 5.22. The lowest BCUT2D eigenvalue weighted by Crippen LogP contribution is -1.92. The number of nitrogens with zero attached hydrogens (tertiary/aromatic N) is 2. The normalized spacial score (nSPS) is 10.7. The van der Waals surface area contributed by atoms with E-state index in [2.05, 4.69) is 47.0 Å². The Balaban J connectivity index is 2.04. The van der Waals surface area contributed by atoms with Gasteiger partial charge in [-0.25, -0.2) is 4.98 Å². The fraction of sp³-hybridized carbons (Fsp3) is 0.125. The van der Waals surface area contributed by atoms with Gasteiger partial charge < -0.3 is 10.7 Å². The van der Waals surface area contributed by atoms with Crippen LogP contribution in [0.5, 0.6) is 0 Å². The summed E-state index contributed by atoms with van der Waals surface area (Å²) in [6, 6.07) is 8.20. The van der Waals surface area contributed by atoms with Crippen molar-refractivity contribution in [2.45, 2.75) is 13.8 Å². The third-order valence-corrected chi connectivity index (χ3v) is 3.22. The minimum Gasteiger partial charge on any atom is -0.398 e. The molecule has 0 unspecified atom stereocenters. The molecule has 0 saturated heterocycles. The van der Waals surface area contributed by atoms with Crippen molar-refractivity contribution in [3.05, 3.63) is 54.0 Å². The summed E-state index contributed by atoms with van der Waals surface area (Å²) >= 11 is 0. The molecule has 0 bridgehead atoms. The summed E-state index contributed by atoms with van der Waals surface area (Å²) in [7, 11) is 0. The van der Waals surface area contributed by atoms with Gasteiger partial charge in [0.25, 0.3) is 0 Å². The number of aromatic amines is 1. The average Bonchev–Trinajstić information content (AvgIpc) is 2.87. The number of imidazole rings is 1. The second-order valence-electron chi connectivity index (χ2n) is 4.98. The van der Waals surface area contributed by atoms with E-state index in [-0.39, 0.29) is 0 Å². The first kappa shape index (κ1) is 12.4. The van der Waals surface area contributed by atoms with Crippen LogP contribution in [-0.4, -0.2) is 15.0 Å². The standard InChI is InChI=1S/C16H16N4/c1-10-5-11(2)7-12(6-10)15-9-19-16(20-15)13-8-18-4-3-14(13)17/h3-9H,1-2H3,(H2,17,18)(H,19,20). The number of H-pyrrole nitrogens is 1. The van der Waals surface area contributed by atoms with E-state index in [4.69, 9.17) is 5.73 Å². The van der Waals surface area contributed by atoms with Crippen LogP contribution in [0.1, 0.15) is 11.1 Å². The van der Waals surface area contributed by atoms with Crippen molar-refractivity contribution in [1.29, 1.82) is 0 Å². The van der Waals surface area contributed by atoms with Gasteiger partial charge in [-0.1, -0.05) is 17.2 Å². The summed E-state index contributed by atoms with van der Waals surface area (Å²) < 4.78 is 0. The highest BCUT2D eigenvalue weighted by atomic mass is 14.9. The van der Waals surface area contributed by atoms with Gasteiger partial charge in [0.15, 0.2) is 0 Å². The third-order valence-electron chi connectivity index (χ3n) is 3.22. The Morgan fingerprint density at radius 3 is 2.50 bits per heavy atom. The van der Waals surface area contributed by atoms with Crippen LogP contribution in [0.3, 0.4) is 0 Å².